The van der Waals surface area contributed by atoms with Crippen LogP contribution in [0.4, 0.5) is 5.69 Å². The minimum atomic E-state index is 0.269. The van der Waals surface area contributed by atoms with Crippen molar-refractivity contribution in [1.29, 1.82) is 0 Å². The second-order valence-corrected chi connectivity index (χ2v) is 11.6. The first-order valence-corrected chi connectivity index (χ1v) is 14.7. The minimum Gasteiger partial charge on any atom is -0.378 e. The molecule has 0 radical (unpaired) electrons. The highest BCUT2D eigenvalue weighted by molar-refractivity contribution is 5.96. The molecule has 1 saturated heterocycles. The third-order valence-corrected chi connectivity index (χ3v) is 8.90. The van der Waals surface area contributed by atoms with Gasteiger partial charge >= 0.3 is 0 Å². The van der Waals surface area contributed by atoms with Crippen LogP contribution < -0.4 is 10.2 Å². The van der Waals surface area contributed by atoms with E-state index in [0.29, 0.717) is 0 Å². The molecule has 0 aliphatic carbocycles. The number of fused-ring (bicyclic) bond motifs is 2. The van der Waals surface area contributed by atoms with Crippen molar-refractivity contribution in [2.45, 2.75) is 25.8 Å². The molecule has 2 aliphatic rings. The third kappa shape index (κ3) is 4.91. The Morgan fingerprint density at radius 1 is 0.854 bits per heavy atom. The quantitative estimate of drug-likeness (QED) is 0.253. The van der Waals surface area contributed by atoms with Crippen molar-refractivity contribution >= 4 is 22.4 Å². The van der Waals surface area contributed by atoms with Crippen molar-refractivity contribution in [1.82, 2.24) is 20.2 Å². The van der Waals surface area contributed by atoms with Crippen LogP contribution in [0.5, 0.6) is 0 Å². The van der Waals surface area contributed by atoms with Crippen LogP contribution in [0.1, 0.15) is 34.7 Å². The monoisotopic (exact) mass is 539 g/mol. The standard InChI is InChI=1S/C36H37N5/c1-24-19-27(11-14-35(24)41-17-15-40(3)16-18-41)30-21-32-33(23-38-36(32)37-22-30)29-9-12-31-25(2)39-34(13-10-28(31)20-29)26-7-5-4-6-8-26/h4-9,11-12,14,19-23,34,39H,2,10,13,15-18H2,1,3H3,(H,37,38). The van der Waals surface area contributed by atoms with E-state index in [4.69, 9.17) is 4.98 Å². The zero-order valence-corrected chi connectivity index (χ0v) is 24.0. The van der Waals surface area contributed by atoms with Crippen LogP contribution in [-0.4, -0.2) is 48.1 Å². The van der Waals surface area contributed by atoms with E-state index in [2.05, 4.69) is 120 Å². The van der Waals surface area contributed by atoms with Gasteiger partial charge in [0, 0.05) is 72.0 Å². The van der Waals surface area contributed by atoms with E-state index in [0.717, 1.165) is 61.3 Å². The van der Waals surface area contributed by atoms with Gasteiger partial charge in [-0.15, -0.1) is 0 Å². The summed E-state index contributed by atoms with van der Waals surface area (Å²) >= 11 is 0. The molecule has 7 rings (SSSR count). The fourth-order valence-corrected chi connectivity index (χ4v) is 6.50. The molecule has 2 aromatic heterocycles. The van der Waals surface area contributed by atoms with Gasteiger partial charge in [-0.1, -0.05) is 61.2 Å². The third-order valence-electron chi connectivity index (χ3n) is 8.90. The van der Waals surface area contributed by atoms with E-state index in [1.165, 1.54) is 44.6 Å². The zero-order valence-electron chi connectivity index (χ0n) is 24.0. The van der Waals surface area contributed by atoms with Gasteiger partial charge < -0.3 is 20.1 Å². The number of aryl methyl sites for hydroxylation is 2. The predicted octanol–water partition coefficient (Wildman–Crippen LogP) is 7.20. The fraction of sp³-hybridized carbons (Fsp3) is 0.250. The lowest BCUT2D eigenvalue weighted by molar-refractivity contribution is 0.312. The molecule has 4 heterocycles. The lowest BCUT2D eigenvalue weighted by Crippen LogP contribution is -2.44. The molecule has 2 N–H and O–H groups in total. The van der Waals surface area contributed by atoms with E-state index in [-0.39, 0.29) is 6.04 Å². The van der Waals surface area contributed by atoms with Gasteiger partial charge in [0.15, 0.2) is 0 Å². The fourth-order valence-electron chi connectivity index (χ4n) is 6.50. The molecule has 1 unspecified atom stereocenters. The number of pyridine rings is 1. The maximum atomic E-state index is 4.82. The Balaban J connectivity index is 1.18. The van der Waals surface area contributed by atoms with Crippen molar-refractivity contribution in [3.8, 4) is 22.3 Å². The lowest BCUT2D eigenvalue weighted by atomic mass is 9.94. The van der Waals surface area contributed by atoms with Crippen LogP contribution in [0.2, 0.25) is 0 Å². The number of aromatic nitrogens is 2. The van der Waals surface area contributed by atoms with Crippen molar-refractivity contribution in [3.63, 3.8) is 0 Å². The summed E-state index contributed by atoms with van der Waals surface area (Å²) in [5, 5.41) is 4.83. The largest absolute Gasteiger partial charge is 0.378 e. The van der Waals surface area contributed by atoms with Gasteiger partial charge in [0.05, 0.1) is 6.04 Å². The summed E-state index contributed by atoms with van der Waals surface area (Å²) in [5.41, 5.74) is 13.2. The van der Waals surface area contributed by atoms with Crippen LogP contribution in [-0.2, 0) is 6.42 Å². The first-order valence-electron chi connectivity index (χ1n) is 14.7. The second-order valence-electron chi connectivity index (χ2n) is 11.6. The van der Waals surface area contributed by atoms with Crippen LogP contribution in [0, 0.1) is 6.92 Å². The van der Waals surface area contributed by atoms with Crippen molar-refractivity contribution in [2.75, 3.05) is 38.1 Å². The normalized spacial score (nSPS) is 17.8. The molecule has 2 aliphatic heterocycles. The Kier molecular flexibility index (Phi) is 6.60. The minimum absolute atomic E-state index is 0.269. The zero-order chi connectivity index (χ0) is 27.9. The maximum Gasteiger partial charge on any atom is 0.137 e. The molecule has 41 heavy (non-hydrogen) atoms. The maximum absolute atomic E-state index is 4.82. The van der Waals surface area contributed by atoms with E-state index in [9.17, 15) is 0 Å². The van der Waals surface area contributed by atoms with Gasteiger partial charge in [-0.05, 0) is 72.8 Å². The van der Waals surface area contributed by atoms with E-state index in [1.54, 1.807) is 0 Å². The number of rotatable bonds is 4. The highest BCUT2D eigenvalue weighted by Crippen LogP contribution is 2.36. The molecule has 5 aromatic rings. The summed E-state index contributed by atoms with van der Waals surface area (Å²) < 4.78 is 0. The van der Waals surface area contributed by atoms with Gasteiger partial charge in [-0.2, -0.15) is 0 Å². The van der Waals surface area contributed by atoms with E-state index < -0.39 is 0 Å². The number of aromatic amines is 1. The predicted molar refractivity (Wildman–Crippen MR) is 171 cm³/mol. The number of piperazine rings is 1. The molecule has 5 heteroatoms. The van der Waals surface area contributed by atoms with Crippen molar-refractivity contribution in [3.05, 3.63) is 114 Å². The molecule has 0 spiro atoms. The Bertz CT molecular complexity index is 1730. The number of anilines is 1. The Morgan fingerprint density at radius 2 is 1.66 bits per heavy atom. The number of hydrogen-bond acceptors (Lipinski definition) is 4. The highest BCUT2D eigenvalue weighted by Gasteiger charge is 2.21. The van der Waals surface area contributed by atoms with Crippen LogP contribution >= 0.6 is 0 Å². The van der Waals surface area contributed by atoms with E-state index in [1.807, 2.05) is 6.20 Å². The molecule has 3 aromatic carbocycles. The van der Waals surface area contributed by atoms with Gasteiger partial charge in [0.2, 0.25) is 0 Å². The molecule has 0 amide bonds. The second kappa shape index (κ2) is 10.6. The highest BCUT2D eigenvalue weighted by atomic mass is 15.2. The Labute approximate surface area is 242 Å². The molecule has 5 nitrogen and oxygen atoms in total. The first kappa shape index (κ1) is 25.6. The Hall–Kier alpha value is -4.35. The van der Waals surface area contributed by atoms with Crippen LogP contribution in [0.3, 0.4) is 0 Å². The molecule has 1 fully saturated rings. The smallest absolute Gasteiger partial charge is 0.137 e. The molecular weight excluding hydrogens is 502 g/mol. The first-order chi connectivity index (χ1) is 20.0. The lowest BCUT2D eigenvalue weighted by Gasteiger charge is -2.35. The summed E-state index contributed by atoms with van der Waals surface area (Å²) in [4.78, 5) is 13.1. The summed E-state index contributed by atoms with van der Waals surface area (Å²) in [6, 6.07) is 26.9. The summed E-state index contributed by atoms with van der Waals surface area (Å²) in [6.07, 6.45) is 6.12. The Morgan fingerprint density at radius 3 is 2.46 bits per heavy atom. The SMILES string of the molecule is C=C1NC(c2ccccc2)CCc2cc(-c3c[nH]c4ncc(-c5ccc(N6CCN(C)CC6)c(C)c5)cc34)ccc21. The number of hydrogen-bond donors (Lipinski definition) is 2. The van der Waals surface area contributed by atoms with E-state index >= 15 is 0 Å². The summed E-state index contributed by atoms with van der Waals surface area (Å²) in [7, 11) is 2.20. The number of nitrogens with zero attached hydrogens (tertiary/aromatic N) is 3. The van der Waals surface area contributed by atoms with Gasteiger partial charge in [0.1, 0.15) is 5.65 Å². The van der Waals surface area contributed by atoms with Crippen LogP contribution in [0.15, 0.2) is 91.8 Å². The molecule has 0 bridgehead atoms. The van der Waals surface area contributed by atoms with Gasteiger partial charge in [-0.3, -0.25) is 0 Å². The topological polar surface area (TPSA) is 47.2 Å². The molecule has 0 saturated carbocycles. The molecule has 1 atom stereocenters. The summed E-state index contributed by atoms with van der Waals surface area (Å²) in [5.74, 6) is 0. The average Bonchev–Trinajstić information content (AvgIpc) is 3.35. The average molecular weight is 540 g/mol. The van der Waals surface area contributed by atoms with Gasteiger partial charge in [0.25, 0.3) is 0 Å². The number of nitrogens with one attached hydrogen (secondary N) is 2. The number of benzene rings is 3. The van der Waals surface area contributed by atoms with Crippen LogP contribution in [0.25, 0.3) is 39.0 Å². The van der Waals surface area contributed by atoms with Crippen molar-refractivity contribution in [2.24, 2.45) is 0 Å². The molecular formula is C36H37N5. The summed E-state index contributed by atoms with van der Waals surface area (Å²) in [6.45, 7) is 11.0. The van der Waals surface area contributed by atoms with Crippen molar-refractivity contribution < 1.29 is 0 Å². The molecule has 206 valence electrons. The number of H-pyrrole nitrogens is 1. The number of likely N-dealkylation sites (N-methyl/N-ethyl adjacent to an activating group) is 1. The van der Waals surface area contributed by atoms with Gasteiger partial charge in [-0.25, -0.2) is 4.98 Å².